The van der Waals surface area contributed by atoms with Gasteiger partial charge in [-0.05, 0) is 31.4 Å². The first-order chi connectivity index (χ1) is 6.09. The number of aliphatic hydroxyl groups is 1. The summed E-state index contributed by atoms with van der Waals surface area (Å²) in [6, 6.07) is 0. The summed E-state index contributed by atoms with van der Waals surface area (Å²) in [6.45, 7) is 3.21. The first-order valence-corrected chi connectivity index (χ1v) is 4.46. The Labute approximate surface area is 78.1 Å². The van der Waals surface area contributed by atoms with Gasteiger partial charge >= 0.3 is 0 Å². The number of nitrogens with one attached hydrogen (secondary N) is 1. The van der Waals surface area contributed by atoms with Crippen LogP contribution >= 0.6 is 0 Å². The van der Waals surface area contributed by atoms with Gasteiger partial charge in [-0.25, -0.2) is 0 Å². The molecule has 1 unspecified atom stereocenters. The Morgan fingerprint density at radius 2 is 2.38 bits per heavy atom. The summed E-state index contributed by atoms with van der Waals surface area (Å²) in [7, 11) is 0. The summed E-state index contributed by atoms with van der Waals surface area (Å²) in [5, 5.41) is 12.0. The van der Waals surface area contributed by atoms with E-state index in [1.165, 1.54) is 6.92 Å². The van der Waals surface area contributed by atoms with Crippen molar-refractivity contribution >= 4 is 5.91 Å². The second-order valence-electron chi connectivity index (χ2n) is 3.27. The lowest BCUT2D eigenvalue weighted by atomic mass is 10.0. The zero-order valence-electron chi connectivity index (χ0n) is 8.00. The fourth-order valence-electron chi connectivity index (χ4n) is 1.34. The predicted molar refractivity (Wildman–Crippen MR) is 50.9 cm³/mol. The van der Waals surface area contributed by atoms with E-state index < -0.39 is 6.10 Å². The maximum absolute atomic E-state index is 10.8. The summed E-state index contributed by atoms with van der Waals surface area (Å²) >= 11 is 0. The van der Waals surface area contributed by atoms with Crippen LogP contribution in [0.2, 0.25) is 0 Å². The second kappa shape index (κ2) is 4.23. The summed E-state index contributed by atoms with van der Waals surface area (Å²) in [4.78, 5) is 10.8. The molecule has 72 valence electrons. The van der Waals surface area contributed by atoms with E-state index >= 15 is 0 Å². The smallest absolute Gasteiger partial charge is 0.220 e. The highest BCUT2D eigenvalue weighted by Crippen LogP contribution is 2.17. The van der Waals surface area contributed by atoms with Gasteiger partial charge in [0.25, 0.3) is 0 Å². The second-order valence-corrected chi connectivity index (χ2v) is 3.27. The summed E-state index contributed by atoms with van der Waals surface area (Å²) < 4.78 is 0. The van der Waals surface area contributed by atoms with E-state index in [0.717, 1.165) is 24.1 Å². The van der Waals surface area contributed by atoms with E-state index in [0.29, 0.717) is 0 Å². The van der Waals surface area contributed by atoms with Gasteiger partial charge in [-0.15, -0.1) is 0 Å². The first-order valence-electron chi connectivity index (χ1n) is 4.46. The normalized spacial score (nSPS) is 18.7. The molecule has 0 aromatic heterocycles. The molecule has 0 aliphatic heterocycles. The molecule has 0 bridgehead atoms. The van der Waals surface area contributed by atoms with Gasteiger partial charge < -0.3 is 10.4 Å². The minimum absolute atomic E-state index is 0.0573. The molecule has 1 rings (SSSR count). The molecule has 0 heterocycles. The fraction of sp³-hybridized carbons (Fsp3) is 0.500. The van der Waals surface area contributed by atoms with Gasteiger partial charge in [0, 0.05) is 12.6 Å². The highest BCUT2D eigenvalue weighted by atomic mass is 16.3. The lowest BCUT2D eigenvalue weighted by molar-refractivity contribution is -0.118. The molecule has 1 atom stereocenters. The van der Waals surface area contributed by atoms with Gasteiger partial charge in [0.1, 0.15) is 0 Å². The molecule has 0 aromatic rings. The number of hydrogen-bond donors (Lipinski definition) is 2. The van der Waals surface area contributed by atoms with Gasteiger partial charge in [0.2, 0.25) is 5.91 Å². The molecule has 3 nitrogen and oxygen atoms in total. The quantitative estimate of drug-likeness (QED) is 0.670. The van der Waals surface area contributed by atoms with Crippen LogP contribution in [0.4, 0.5) is 0 Å². The van der Waals surface area contributed by atoms with E-state index in [1.807, 2.05) is 12.2 Å². The summed E-state index contributed by atoms with van der Waals surface area (Å²) in [5.74, 6) is -0.0573. The minimum Gasteiger partial charge on any atom is -0.389 e. The average molecular weight is 181 g/mol. The Morgan fingerprint density at radius 1 is 1.69 bits per heavy atom. The SMILES string of the molecule is CC(=O)NC1=CC(C(C)O)=CCC1. The number of allylic oxidation sites excluding steroid dienone is 2. The average Bonchev–Trinajstić information content (AvgIpc) is 2.03. The summed E-state index contributed by atoms with van der Waals surface area (Å²) in [6.07, 6.45) is 5.11. The fourth-order valence-corrected chi connectivity index (χ4v) is 1.34. The standard InChI is InChI=1S/C10H15NO2/c1-7(12)9-4-3-5-10(6-9)11-8(2)13/h4,6-7,12H,3,5H2,1-2H3,(H,11,13). The number of rotatable bonds is 2. The molecule has 13 heavy (non-hydrogen) atoms. The zero-order chi connectivity index (χ0) is 9.84. The van der Waals surface area contributed by atoms with Gasteiger partial charge in [-0.1, -0.05) is 6.08 Å². The topological polar surface area (TPSA) is 49.3 Å². The van der Waals surface area contributed by atoms with E-state index in [4.69, 9.17) is 0 Å². The number of aliphatic hydroxyl groups excluding tert-OH is 1. The van der Waals surface area contributed by atoms with Crippen molar-refractivity contribution in [3.05, 3.63) is 23.4 Å². The third kappa shape index (κ3) is 3.03. The van der Waals surface area contributed by atoms with E-state index in [9.17, 15) is 9.90 Å². The van der Waals surface area contributed by atoms with Crippen molar-refractivity contribution in [3.63, 3.8) is 0 Å². The zero-order valence-corrected chi connectivity index (χ0v) is 8.00. The van der Waals surface area contributed by atoms with Gasteiger partial charge in [-0.3, -0.25) is 4.79 Å². The first kappa shape index (κ1) is 9.99. The van der Waals surface area contributed by atoms with Crippen LogP contribution in [0.5, 0.6) is 0 Å². The van der Waals surface area contributed by atoms with Gasteiger partial charge in [0.15, 0.2) is 0 Å². The van der Waals surface area contributed by atoms with Crippen molar-refractivity contribution in [3.8, 4) is 0 Å². The molecule has 2 N–H and O–H groups in total. The monoisotopic (exact) mass is 181 g/mol. The van der Waals surface area contributed by atoms with Crippen LogP contribution in [0, 0.1) is 0 Å². The van der Waals surface area contributed by atoms with Gasteiger partial charge in [-0.2, -0.15) is 0 Å². The van der Waals surface area contributed by atoms with Crippen molar-refractivity contribution in [2.45, 2.75) is 32.8 Å². The lowest BCUT2D eigenvalue weighted by Gasteiger charge is -2.15. The molecule has 1 aliphatic rings. The van der Waals surface area contributed by atoms with E-state index in [-0.39, 0.29) is 5.91 Å². The molecule has 0 fully saturated rings. The molecular formula is C10H15NO2. The maximum Gasteiger partial charge on any atom is 0.220 e. The largest absolute Gasteiger partial charge is 0.389 e. The van der Waals surface area contributed by atoms with Crippen molar-refractivity contribution in [2.75, 3.05) is 0 Å². The molecule has 1 aliphatic carbocycles. The number of hydrogen-bond acceptors (Lipinski definition) is 2. The molecule has 0 spiro atoms. The number of amides is 1. The minimum atomic E-state index is -0.455. The molecule has 1 amide bonds. The third-order valence-corrected chi connectivity index (χ3v) is 1.95. The Balaban J connectivity index is 2.67. The summed E-state index contributed by atoms with van der Waals surface area (Å²) in [5.41, 5.74) is 1.78. The highest BCUT2D eigenvalue weighted by Gasteiger charge is 2.09. The Hall–Kier alpha value is -1.09. The molecular weight excluding hydrogens is 166 g/mol. The van der Waals surface area contributed by atoms with Crippen LogP contribution < -0.4 is 5.32 Å². The van der Waals surface area contributed by atoms with Crippen LogP contribution in [0.15, 0.2) is 23.4 Å². The Kier molecular flexibility index (Phi) is 3.25. The van der Waals surface area contributed by atoms with Gasteiger partial charge in [0.05, 0.1) is 6.10 Å². The molecule has 3 heteroatoms. The third-order valence-electron chi connectivity index (χ3n) is 1.95. The number of carbonyl (C=O) groups is 1. The van der Waals surface area contributed by atoms with Crippen LogP contribution in [0.3, 0.4) is 0 Å². The van der Waals surface area contributed by atoms with Crippen molar-refractivity contribution in [1.82, 2.24) is 5.32 Å². The maximum atomic E-state index is 10.8. The van der Waals surface area contributed by atoms with Crippen molar-refractivity contribution in [2.24, 2.45) is 0 Å². The van der Waals surface area contributed by atoms with E-state index in [2.05, 4.69) is 5.32 Å². The van der Waals surface area contributed by atoms with Crippen LogP contribution in [-0.4, -0.2) is 17.1 Å². The highest BCUT2D eigenvalue weighted by molar-refractivity contribution is 5.75. The van der Waals surface area contributed by atoms with Crippen LogP contribution in [-0.2, 0) is 4.79 Å². The van der Waals surface area contributed by atoms with Crippen LogP contribution in [0.1, 0.15) is 26.7 Å². The molecule has 0 saturated heterocycles. The van der Waals surface area contributed by atoms with Crippen molar-refractivity contribution in [1.29, 1.82) is 0 Å². The van der Waals surface area contributed by atoms with Crippen molar-refractivity contribution < 1.29 is 9.90 Å². The van der Waals surface area contributed by atoms with Crippen LogP contribution in [0.25, 0.3) is 0 Å². The number of carbonyl (C=O) groups excluding carboxylic acids is 1. The predicted octanol–water partition coefficient (Wildman–Crippen LogP) is 1.11. The Bertz CT molecular complexity index is 264. The molecule has 0 radical (unpaired) electrons. The lowest BCUT2D eigenvalue weighted by Crippen LogP contribution is -2.21. The molecule has 0 saturated carbocycles. The Morgan fingerprint density at radius 3 is 2.92 bits per heavy atom. The molecule has 0 aromatic carbocycles. The van der Waals surface area contributed by atoms with E-state index in [1.54, 1.807) is 6.92 Å².